The maximum Gasteiger partial charge on any atom is 0.0682 e. The molecule has 0 heterocycles. The molecule has 1 N–H and O–H groups in total. The van der Waals surface area contributed by atoms with Gasteiger partial charge in [0.15, 0.2) is 0 Å². The number of terminal acetylenes is 2. The van der Waals surface area contributed by atoms with Gasteiger partial charge in [-0.25, -0.2) is 0 Å². The van der Waals surface area contributed by atoms with Crippen molar-refractivity contribution in [2.75, 3.05) is 6.61 Å². The first-order valence-corrected chi connectivity index (χ1v) is 16.3. The third kappa shape index (κ3) is 98.7. The Morgan fingerprint density at radius 1 is 0.738 bits per heavy atom. The molecule has 1 fully saturated rings. The van der Waals surface area contributed by atoms with Gasteiger partial charge in [-0.3, -0.25) is 0 Å². The Balaban J connectivity index is -0.0000000410. The smallest absolute Gasteiger partial charge is 0.0682 e. The van der Waals surface area contributed by atoms with Crippen molar-refractivity contribution >= 4 is 0 Å². The SMILES string of the molecule is C.C#C.C#CC.C1CCCCC1.C=C\C=C(/C=C(C=C)/C=C\C(=C)CC)CO.CC.CC.CC.CC.CC.CCCC. The molecular weight excluding hydrogens is 508 g/mol. The van der Waals surface area contributed by atoms with Gasteiger partial charge in [0.2, 0.25) is 0 Å². The van der Waals surface area contributed by atoms with E-state index in [1.807, 2.05) is 87.5 Å². The fourth-order valence-corrected chi connectivity index (χ4v) is 2.08. The van der Waals surface area contributed by atoms with Crippen molar-refractivity contribution in [2.45, 2.75) is 162 Å². The summed E-state index contributed by atoms with van der Waals surface area (Å²) in [5, 5.41) is 9.09. The van der Waals surface area contributed by atoms with Crippen molar-refractivity contribution in [1.82, 2.24) is 0 Å². The zero-order chi connectivity index (χ0) is 34.8. The van der Waals surface area contributed by atoms with Crippen molar-refractivity contribution in [2.24, 2.45) is 0 Å². The van der Waals surface area contributed by atoms with Gasteiger partial charge in [0.1, 0.15) is 0 Å². The first-order valence-electron chi connectivity index (χ1n) is 16.3. The van der Waals surface area contributed by atoms with Crippen LogP contribution in [0.4, 0.5) is 0 Å². The van der Waals surface area contributed by atoms with Crippen LogP contribution in [0.3, 0.4) is 0 Å². The molecule has 1 aliphatic rings. The molecule has 252 valence electrons. The number of aliphatic hydroxyl groups is 1. The van der Waals surface area contributed by atoms with Crippen molar-refractivity contribution in [3.63, 3.8) is 0 Å². The molecule has 0 radical (unpaired) electrons. The predicted molar refractivity (Wildman–Crippen MR) is 208 cm³/mol. The molecule has 1 heteroatoms. The van der Waals surface area contributed by atoms with E-state index < -0.39 is 0 Å². The lowest BCUT2D eigenvalue weighted by molar-refractivity contribution is 0.335. The summed E-state index contributed by atoms with van der Waals surface area (Å²) in [4.78, 5) is 0. The van der Waals surface area contributed by atoms with E-state index in [1.54, 1.807) is 25.2 Å². The van der Waals surface area contributed by atoms with Crippen LogP contribution in [0.15, 0.2) is 72.9 Å². The van der Waals surface area contributed by atoms with Gasteiger partial charge in [-0.1, -0.05) is 204 Å². The highest BCUT2D eigenvalue weighted by atomic mass is 16.3. The minimum Gasteiger partial charge on any atom is -0.392 e. The zero-order valence-corrected chi connectivity index (χ0v) is 30.8. The Morgan fingerprint density at radius 2 is 1.05 bits per heavy atom. The van der Waals surface area contributed by atoms with E-state index in [1.165, 1.54) is 51.4 Å². The van der Waals surface area contributed by atoms with Gasteiger partial charge >= 0.3 is 0 Å². The molecule has 0 spiro atoms. The monoisotopic (exact) mass is 591 g/mol. The van der Waals surface area contributed by atoms with E-state index in [2.05, 4.69) is 65.7 Å². The fourth-order valence-electron chi connectivity index (χ4n) is 2.08. The van der Waals surface area contributed by atoms with E-state index in [9.17, 15) is 0 Å². The zero-order valence-electron chi connectivity index (χ0n) is 30.8. The minimum atomic E-state index is -0.00801. The van der Waals surface area contributed by atoms with E-state index in [-0.39, 0.29) is 14.0 Å². The molecule has 1 rings (SSSR count). The Hall–Kier alpha value is -2.48. The van der Waals surface area contributed by atoms with Gasteiger partial charge in [-0.05, 0) is 30.6 Å². The summed E-state index contributed by atoms with van der Waals surface area (Å²) in [5.41, 5.74) is 2.81. The molecular formula is C41H82O. The molecule has 0 unspecified atom stereocenters. The summed E-state index contributed by atoms with van der Waals surface area (Å²) in [6, 6.07) is 0. The third-order valence-corrected chi connectivity index (χ3v) is 4.07. The first kappa shape index (κ1) is 67.3. The number of rotatable bonds is 8. The maximum atomic E-state index is 9.09. The van der Waals surface area contributed by atoms with Gasteiger partial charge in [0.05, 0.1) is 6.61 Å². The van der Waals surface area contributed by atoms with Crippen molar-refractivity contribution in [1.29, 1.82) is 0 Å². The van der Waals surface area contributed by atoms with Crippen molar-refractivity contribution in [3.8, 4) is 25.2 Å². The van der Waals surface area contributed by atoms with E-state index in [4.69, 9.17) is 5.11 Å². The Kier molecular flexibility index (Phi) is 157. The van der Waals surface area contributed by atoms with Gasteiger partial charge in [0, 0.05) is 0 Å². The van der Waals surface area contributed by atoms with Gasteiger partial charge in [-0.2, -0.15) is 0 Å². The highest BCUT2D eigenvalue weighted by Crippen LogP contribution is 2.15. The topological polar surface area (TPSA) is 20.2 Å². The number of allylic oxidation sites excluding steroid dienone is 7. The average Bonchev–Trinajstić information content (AvgIpc) is 3.09. The van der Waals surface area contributed by atoms with Crippen molar-refractivity contribution < 1.29 is 5.11 Å². The molecule has 1 aliphatic carbocycles. The lowest BCUT2D eigenvalue weighted by atomic mass is 10.0. The van der Waals surface area contributed by atoms with Gasteiger partial charge < -0.3 is 5.11 Å². The second-order valence-electron chi connectivity index (χ2n) is 6.74. The van der Waals surface area contributed by atoms with Crippen LogP contribution in [0.5, 0.6) is 0 Å². The summed E-state index contributed by atoms with van der Waals surface area (Å²) in [7, 11) is 0. The van der Waals surface area contributed by atoms with Crippen LogP contribution in [0.2, 0.25) is 0 Å². The Bertz CT molecular complexity index is 544. The summed E-state index contributed by atoms with van der Waals surface area (Å²) in [6.45, 7) is 39.3. The van der Waals surface area contributed by atoms with Crippen LogP contribution < -0.4 is 0 Å². The molecule has 0 aromatic rings. The highest BCUT2D eigenvalue weighted by Gasteiger charge is 1.95. The molecule has 0 aliphatic heterocycles. The quantitative estimate of drug-likeness (QED) is 0.220. The summed E-state index contributed by atoms with van der Waals surface area (Å²) in [5.74, 6) is 2.25. The van der Waals surface area contributed by atoms with Crippen LogP contribution in [0.1, 0.15) is 162 Å². The minimum absolute atomic E-state index is 0. The van der Waals surface area contributed by atoms with E-state index in [0.29, 0.717) is 0 Å². The molecule has 0 aromatic heterocycles. The van der Waals surface area contributed by atoms with Crippen LogP contribution in [0.25, 0.3) is 0 Å². The number of hydrogen-bond acceptors (Lipinski definition) is 1. The van der Waals surface area contributed by atoms with E-state index in [0.717, 1.165) is 23.1 Å². The maximum absolute atomic E-state index is 9.09. The molecule has 0 bridgehead atoms. The molecule has 0 atom stereocenters. The average molecular weight is 591 g/mol. The molecule has 1 nitrogen and oxygen atoms in total. The molecule has 1 saturated carbocycles. The number of hydrogen-bond donors (Lipinski definition) is 1. The lowest BCUT2D eigenvalue weighted by Gasteiger charge is -2.05. The van der Waals surface area contributed by atoms with E-state index >= 15 is 0 Å². The fraction of sp³-hybridized carbons (Fsp3) is 0.610. The number of aliphatic hydroxyl groups excluding tert-OH is 1. The third-order valence-electron chi connectivity index (χ3n) is 4.07. The van der Waals surface area contributed by atoms with Gasteiger partial charge in [0.25, 0.3) is 0 Å². The summed E-state index contributed by atoms with van der Waals surface area (Å²) in [6.07, 6.45) is 36.1. The largest absolute Gasteiger partial charge is 0.392 e. The Morgan fingerprint density at radius 3 is 1.24 bits per heavy atom. The normalized spacial score (nSPS) is 10.0. The predicted octanol–water partition coefficient (Wildman–Crippen LogP) is 14.5. The highest BCUT2D eigenvalue weighted by molar-refractivity contribution is 5.40. The van der Waals surface area contributed by atoms with Crippen LogP contribution in [-0.2, 0) is 0 Å². The molecule has 0 saturated heterocycles. The van der Waals surface area contributed by atoms with Gasteiger partial charge in [-0.15, -0.1) is 25.2 Å². The molecule has 0 aromatic carbocycles. The van der Waals surface area contributed by atoms with Crippen LogP contribution >= 0.6 is 0 Å². The number of unbranched alkanes of at least 4 members (excludes halogenated alkanes) is 1. The van der Waals surface area contributed by atoms with Crippen LogP contribution in [-0.4, -0.2) is 11.7 Å². The first-order chi connectivity index (χ1) is 20.0. The molecule has 42 heavy (non-hydrogen) atoms. The second-order valence-corrected chi connectivity index (χ2v) is 6.74. The second kappa shape index (κ2) is 98.0. The van der Waals surface area contributed by atoms with Crippen LogP contribution in [0, 0.1) is 25.2 Å². The summed E-state index contributed by atoms with van der Waals surface area (Å²) < 4.78 is 0. The molecule has 0 amide bonds. The Labute approximate surface area is 271 Å². The van der Waals surface area contributed by atoms with Crippen molar-refractivity contribution in [3.05, 3.63) is 72.9 Å². The standard InChI is InChI=1S/C15H20O.C6H12.C4H10.C3H4.5C2H6.C2H2.CH4/c1-5-8-15(12-16)11-14(7-3)10-9-13(4)6-2;1-2-4-6-5-3-1;1-3-4-2;1-3-2;6*1-2;/h5,7-11,16H,1,3-4,6,12H2,2H3;1-6H2;3-4H2,1-2H3;1H,2H3;5*1-2H3;1-2H;1H4/b10-9-,14-11+,15-8+;;;;;;;;;;. The lowest BCUT2D eigenvalue weighted by Crippen LogP contribution is -1.87. The summed E-state index contributed by atoms with van der Waals surface area (Å²) >= 11 is 0.